The van der Waals surface area contributed by atoms with Crippen LogP contribution in [0.2, 0.25) is 0 Å². The van der Waals surface area contributed by atoms with Gasteiger partial charge in [0.2, 0.25) is 5.91 Å². The Labute approximate surface area is 103 Å². The zero-order valence-electron chi connectivity index (χ0n) is 10.9. The lowest BCUT2D eigenvalue weighted by Crippen LogP contribution is -2.42. The highest BCUT2D eigenvalue weighted by atomic mass is 16.5. The Kier molecular flexibility index (Phi) is 5.19. The molecule has 0 spiro atoms. The van der Waals surface area contributed by atoms with Crippen LogP contribution in [0.15, 0.2) is 11.6 Å². The van der Waals surface area contributed by atoms with E-state index in [2.05, 4.69) is 0 Å². The summed E-state index contributed by atoms with van der Waals surface area (Å²) in [5, 5.41) is 0. The Morgan fingerprint density at radius 1 is 1.41 bits per heavy atom. The topological polar surface area (TPSA) is 46.6 Å². The number of hydrogen-bond donors (Lipinski definition) is 0. The van der Waals surface area contributed by atoms with Gasteiger partial charge in [-0.2, -0.15) is 0 Å². The minimum absolute atomic E-state index is 0.000927. The van der Waals surface area contributed by atoms with Gasteiger partial charge in [-0.05, 0) is 33.6 Å². The van der Waals surface area contributed by atoms with Crippen LogP contribution in [0.4, 0.5) is 0 Å². The SMILES string of the molecule is CCOC(=O)[C@@H]1CCCN(C(=O)C=C(C)C)C1. The Morgan fingerprint density at radius 2 is 2.12 bits per heavy atom. The minimum Gasteiger partial charge on any atom is -0.466 e. The fraction of sp³-hybridized carbons (Fsp3) is 0.692. The molecule has 1 rings (SSSR count). The number of likely N-dealkylation sites (tertiary alicyclic amines) is 1. The fourth-order valence-electron chi connectivity index (χ4n) is 1.97. The Morgan fingerprint density at radius 3 is 2.71 bits per heavy atom. The van der Waals surface area contributed by atoms with Gasteiger partial charge in [0.1, 0.15) is 0 Å². The van der Waals surface area contributed by atoms with Crippen molar-refractivity contribution in [1.29, 1.82) is 0 Å². The number of carbonyl (C=O) groups excluding carboxylic acids is 2. The highest BCUT2D eigenvalue weighted by Crippen LogP contribution is 2.18. The summed E-state index contributed by atoms with van der Waals surface area (Å²) < 4.78 is 5.00. The Bertz CT molecular complexity index is 319. The molecule has 1 atom stereocenters. The highest BCUT2D eigenvalue weighted by Gasteiger charge is 2.28. The Hall–Kier alpha value is -1.32. The van der Waals surface area contributed by atoms with Crippen molar-refractivity contribution in [2.24, 2.45) is 5.92 Å². The zero-order chi connectivity index (χ0) is 12.8. The molecule has 1 amide bonds. The average Bonchev–Trinajstić information content (AvgIpc) is 2.28. The molecule has 0 aliphatic carbocycles. The van der Waals surface area contributed by atoms with Crippen molar-refractivity contribution in [2.45, 2.75) is 33.6 Å². The maximum Gasteiger partial charge on any atom is 0.310 e. The summed E-state index contributed by atoms with van der Waals surface area (Å²) in [5.41, 5.74) is 0.980. The van der Waals surface area contributed by atoms with E-state index >= 15 is 0 Å². The van der Waals surface area contributed by atoms with Crippen LogP contribution in [0, 0.1) is 5.92 Å². The minimum atomic E-state index is -0.179. The summed E-state index contributed by atoms with van der Waals surface area (Å²) in [7, 11) is 0. The largest absolute Gasteiger partial charge is 0.466 e. The number of piperidine rings is 1. The van der Waals surface area contributed by atoms with Crippen molar-refractivity contribution in [3.63, 3.8) is 0 Å². The Balaban J connectivity index is 2.57. The lowest BCUT2D eigenvalue weighted by molar-refractivity contribution is -0.150. The van der Waals surface area contributed by atoms with Crippen LogP contribution in [0.5, 0.6) is 0 Å². The maximum absolute atomic E-state index is 11.8. The van der Waals surface area contributed by atoms with Crippen molar-refractivity contribution in [3.05, 3.63) is 11.6 Å². The molecule has 0 saturated carbocycles. The monoisotopic (exact) mass is 239 g/mol. The number of hydrogen-bond acceptors (Lipinski definition) is 3. The van der Waals surface area contributed by atoms with E-state index in [9.17, 15) is 9.59 Å². The van der Waals surface area contributed by atoms with Gasteiger partial charge in [-0.15, -0.1) is 0 Å². The molecule has 0 aromatic heterocycles. The molecule has 1 saturated heterocycles. The summed E-state index contributed by atoms with van der Waals surface area (Å²) in [4.78, 5) is 25.2. The van der Waals surface area contributed by atoms with Gasteiger partial charge in [-0.1, -0.05) is 5.57 Å². The molecule has 0 bridgehead atoms. The molecule has 0 unspecified atom stereocenters. The number of carbonyl (C=O) groups is 2. The molecule has 17 heavy (non-hydrogen) atoms. The van der Waals surface area contributed by atoms with E-state index < -0.39 is 0 Å². The van der Waals surface area contributed by atoms with Crippen molar-refractivity contribution in [3.8, 4) is 0 Å². The molecule has 0 aromatic rings. The van der Waals surface area contributed by atoms with E-state index in [4.69, 9.17) is 4.74 Å². The molecule has 0 aromatic carbocycles. The van der Waals surface area contributed by atoms with E-state index in [-0.39, 0.29) is 17.8 Å². The third-order valence-corrected chi connectivity index (χ3v) is 2.77. The molecule has 1 aliphatic heterocycles. The zero-order valence-corrected chi connectivity index (χ0v) is 10.9. The number of ether oxygens (including phenoxy) is 1. The second kappa shape index (κ2) is 6.42. The van der Waals surface area contributed by atoms with Crippen LogP contribution in [0.1, 0.15) is 33.6 Å². The van der Waals surface area contributed by atoms with Crippen LogP contribution < -0.4 is 0 Å². The van der Waals surface area contributed by atoms with E-state index in [1.807, 2.05) is 13.8 Å². The predicted octanol–water partition coefficient (Wildman–Crippen LogP) is 1.75. The number of nitrogens with zero attached hydrogens (tertiary/aromatic N) is 1. The molecule has 4 heteroatoms. The van der Waals surface area contributed by atoms with Gasteiger partial charge in [0.25, 0.3) is 0 Å². The summed E-state index contributed by atoms with van der Waals surface area (Å²) in [6.45, 7) is 7.21. The number of rotatable bonds is 3. The lowest BCUT2D eigenvalue weighted by atomic mass is 9.98. The van der Waals surface area contributed by atoms with Crippen LogP contribution >= 0.6 is 0 Å². The van der Waals surface area contributed by atoms with Gasteiger partial charge in [-0.25, -0.2) is 0 Å². The summed E-state index contributed by atoms with van der Waals surface area (Å²) in [6, 6.07) is 0. The first kappa shape index (κ1) is 13.7. The standard InChI is InChI=1S/C13H21NO3/c1-4-17-13(16)11-6-5-7-14(9-11)12(15)8-10(2)3/h8,11H,4-7,9H2,1-3H3/t11-/m1/s1. The number of amides is 1. The van der Waals surface area contributed by atoms with Gasteiger partial charge in [-0.3, -0.25) is 9.59 Å². The molecule has 0 radical (unpaired) electrons. The quantitative estimate of drug-likeness (QED) is 0.557. The van der Waals surface area contributed by atoms with Crippen molar-refractivity contribution in [1.82, 2.24) is 4.90 Å². The van der Waals surface area contributed by atoms with Crippen LogP contribution in [0.3, 0.4) is 0 Å². The van der Waals surface area contributed by atoms with E-state index in [0.717, 1.165) is 25.0 Å². The molecule has 1 heterocycles. The second-order valence-corrected chi connectivity index (χ2v) is 4.60. The van der Waals surface area contributed by atoms with Gasteiger partial charge in [0, 0.05) is 19.2 Å². The van der Waals surface area contributed by atoms with Crippen molar-refractivity contribution >= 4 is 11.9 Å². The number of esters is 1. The van der Waals surface area contributed by atoms with Crippen molar-refractivity contribution < 1.29 is 14.3 Å². The summed E-state index contributed by atoms with van der Waals surface area (Å²) >= 11 is 0. The molecular formula is C13H21NO3. The molecule has 1 fully saturated rings. The van der Waals surface area contributed by atoms with Crippen LogP contribution in [-0.4, -0.2) is 36.5 Å². The predicted molar refractivity (Wildman–Crippen MR) is 65.4 cm³/mol. The third-order valence-electron chi connectivity index (χ3n) is 2.77. The van der Waals surface area contributed by atoms with E-state index in [0.29, 0.717) is 13.2 Å². The lowest BCUT2D eigenvalue weighted by Gasteiger charge is -2.30. The van der Waals surface area contributed by atoms with Crippen LogP contribution in [-0.2, 0) is 14.3 Å². The first-order valence-electron chi connectivity index (χ1n) is 6.15. The maximum atomic E-state index is 11.8. The van der Waals surface area contributed by atoms with Gasteiger partial charge < -0.3 is 9.64 Å². The summed E-state index contributed by atoms with van der Waals surface area (Å²) in [6.07, 6.45) is 3.30. The first-order valence-corrected chi connectivity index (χ1v) is 6.15. The molecular weight excluding hydrogens is 218 g/mol. The second-order valence-electron chi connectivity index (χ2n) is 4.60. The molecule has 96 valence electrons. The van der Waals surface area contributed by atoms with Gasteiger partial charge in [0.05, 0.1) is 12.5 Å². The van der Waals surface area contributed by atoms with E-state index in [1.54, 1.807) is 17.9 Å². The first-order chi connectivity index (χ1) is 8.04. The van der Waals surface area contributed by atoms with E-state index in [1.165, 1.54) is 0 Å². The normalized spacial score (nSPS) is 19.7. The van der Waals surface area contributed by atoms with Gasteiger partial charge >= 0.3 is 5.97 Å². The average molecular weight is 239 g/mol. The van der Waals surface area contributed by atoms with Crippen LogP contribution in [0.25, 0.3) is 0 Å². The number of allylic oxidation sites excluding steroid dienone is 1. The molecule has 0 N–H and O–H groups in total. The van der Waals surface area contributed by atoms with Gasteiger partial charge in [0.15, 0.2) is 0 Å². The highest BCUT2D eigenvalue weighted by molar-refractivity contribution is 5.88. The molecule has 1 aliphatic rings. The molecule has 4 nitrogen and oxygen atoms in total. The fourth-order valence-corrected chi connectivity index (χ4v) is 1.97. The smallest absolute Gasteiger partial charge is 0.310 e. The third kappa shape index (κ3) is 4.21. The summed E-state index contributed by atoms with van der Waals surface area (Å²) in [5.74, 6) is -0.334. The van der Waals surface area contributed by atoms with Crippen molar-refractivity contribution in [2.75, 3.05) is 19.7 Å².